The topological polar surface area (TPSA) is 32.8 Å². The summed E-state index contributed by atoms with van der Waals surface area (Å²) in [5.74, 6) is 0. The van der Waals surface area contributed by atoms with Crippen molar-refractivity contribution in [2.24, 2.45) is 0 Å². The molecule has 0 aliphatic carbocycles. The number of rotatable bonds is 10. The van der Waals surface area contributed by atoms with E-state index in [1.54, 1.807) is 0 Å². The van der Waals surface area contributed by atoms with Gasteiger partial charge in [0.25, 0.3) is 0 Å². The Hall–Kier alpha value is -12.8. The maximum absolute atomic E-state index is 4.71. The molecule has 0 spiro atoms. The molecule has 14 aromatic carbocycles. The maximum Gasteiger partial charge on any atom is 0.0788 e. The lowest BCUT2D eigenvalue weighted by Crippen LogP contribution is -2.12. The number of benzene rings is 14. The second-order valence-electron chi connectivity index (χ2n) is 25.2. The summed E-state index contributed by atoms with van der Waals surface area (Å²) in [6.07, 6.45) is 4.20. The normalized spacial score (nSPS) is 12.2. The minimum Gasteiger partial charge on any atom is -0.310 e. The van der Waals surface area contributed by atoms with E-state index >= 15 is 0 Å². The Labute approximate surface area is 552 Å². The van der Waals surface area contributed by atoms with Crippen molar-refractivity contribution < 1.29 is 0 Å². The van der Waals surface area contributed by atoms with Crippen LogP contribution in [0, 0.1) is 0 Å². The van der Waals surface area contributed by atoms with Gasteiger partial charge in [-0.25, -0.2) is 0 Å². The van der Waals surface area contributed by atoms with Crippen molar-refractivity contribution in [1.82, 2.24) is 27.4 Å². The number of para-hydroxylation sites is 8. The highest BCUT2D eigenvalue weighted by molar-refractivity contribution is 6.27. The highest BCUT2D eigenvalue weighted by atomic mass is 15.2. The zero-order chi connectivity index (χ0) is 63.3. The third-order valence-corrected chi connectivity index (χ3v) is 20.1. The second-order valence-corrected chi connectivity index (χ2v) is 25.2. The maximum atomic E-state index is 4.71. The number of fused-ring (bicyclic) bond motifs is 21. The fourth-order valence-electron chi connectivity index (χ4n) is 16.3. The smallest absolute Gasteiger partial charge is 0.0788 e. The predicted octanol–water partition coefficient (Wildman–Crippen LogP) is 23.8. The van der Waals surface area contributed by atoms with E-state index in [1.165, 1.54) is 86.7 Å². The van der Waals surface area contributed by atoms with Gasteiger partial charge in [-0.2, -0.15) is 0 Å². The van der Waals surface area contributed by atoms with Crippen molar-refractivity contribution in [3.05, 3.63) is 334 Å². The molecule has 96 heavy (non-hydrogen) atoms. The van der Waals surface area contributed by atoms with Gasteiger partial charge in [0.05, 0.1) is 66.2 Å². The van der Waals surface area contributed by atoms with Crippen molar-refractivity contribution >= 4 is 154 Å². The van der Waals surface area contributed by atoms with Gasteiger partial charge in [0.2, 0.25) is 0 Å². The van der Waals surface area contributed by atoms with Gasteiger partial charge in [-0.1, -0.05) is 213 Å². The molecule has 0 amide bonds. The fraction of sp³-hybridized carbons (Fsp3) is 0.0112. The molecule has 0 atom stereocenters. The minimum atomic E-state index is 0.906. The van der Waals surface area contributed by atoms with E-state index in [1.807, 2.05) is 0 Å². The van der Waals surface area contributed by atoms with Crippen LogP contribution in [0.2, 0.25) is 0 Å². The SMILES string of the molecule is C=C(/C=C\C)n1c2ccccc2c2ccc3c4ccccc4n(-c4cccc(N(c5cccc(-n6c7ccccc7c7ccc8c9ccccc9n(-c9ccccc9)c8c76)c5)c5cccc(-n6c7ccccc7c7ccc8c9ccccc9n(-c9ccccc9)c8c76)c5)c4)c3c21. The molecule has 0 bridgehead atoms. The summed E-state index contributed by atoms with van der Waals surface area (Å²) >= 11 is 0. The van der Waals surface area contributed by atoms with Crippen LogP contribution in [-0.2, 0) is 0 Å². The van der Waals surface area contributed by atoms with Crippen LogP contribution in [0.1, 0.15) is 6.92 Å². The van der Waals surface area contributed by atoms with Crippen LogP contribution in [0.25, 0.3) is 165 Å². The largest absolute Gasteiger partial charge is 0.310 e. The van der Waals surface area contributed by atoms with Gasteiger partial charge in [-0.3, -0.25) is 0 Å². The van der Waals surface area contributed by atoms with E-state index in [-0.39, 0.29) is 0 Å². The van der Waals surface area contributed by atoms with E-state index in [0.717, 1.165) is 95.3 Å². The first-order valence-corrected chi connectivity index (χ1v) is 33.0. The van der Waals surface area contributed by atoms with E-state index in [2.05, 4.69) is 367 Å². The zero-order valence-corrected chi connectivity index (χ0v) is 52.5. The van der Waals surface area contributed by atoms with Crippen LogP contribution in [0.15, 0.2) is 334 Å². The van der Waals surface area contributed by atoms with Crippen LogP contribution in [0.5, 0.6) is 0 Å². The van der Waals surface area contributed by atoms with Gasteiger partial charge in [0, 0.05) is 116 Å². The Morgan fingerprint density at radius 2 is 0.500 bits per heavy atom. The lowest BCUT2D eigenvalue weighted by molar-refractivity contribution is 1.13. The monoisotopic (exact) mass is 1230 g/mol. The Morgan fingerprint density at radius 1 is 0.250 bits per heavy atom. The van der Waals surface area contributed by atoms with E-state index in [4.69, 9.17) is 6.58 Å². The van der Waals surface area contributed by atoms with E-state index < -0.39 is 0 Å². The molecule has 7 heteroatoms. The molecular formula is C89H59N7. The average molecular weight is 1230 g/mol. The Balaban J connectivity index is 0.871. The Bertz CT molecular complexity index is 6400. The first-order valence-electron chi connectivity index (χ1n) is 33.0. The summed E-state index contributed by atoms with van der Waals surface area (Å²) in [4.78, 5) is 2.47. The predicted molar refractivity (Wildman–Crippen MR) is 406 cm³/mol. The number of anilines is 3. The van der Waals surface area contributed by atoms with Gasteiger partial charge in [-0.05, 0) is 128 Å². The molecule has 0 saturated heterocycles. The molecule has 6 aromatic heterocycles. The number of aromatic nitrogens is 6. The zero-order valence-electron chi connectivity index (χ0n) is 52.5. The van der Waals surface area contributed by atoms with E-state index in [9.17, 15) is 0 Å². The molecule has 0 aliphatic heterocycles. The molecule has 0 radical (unpaired) electrons. The molecule has 0 N–H and O–H groups in total. The van der Waals surface area contributed by atoms with Gasteiger partial charge < -0.3 is 32.3 Å². The molecular weight excluding hydrogens is 1170 g/mol. The lowest BCUT2D eigenvalue weighted by Gasteiger charge is -2.27. The van der Waals surface area contributed by atoms with Crippen molar-refractivity contribution in [2.75, 3.05) is 4.90 Å². The highest BCUT2D eigenvalue weighted by Crippen LogP contribution is 2.48. The summed E-state index contributed by atoms with van der Waals surface area (Å²) in [7, 11) is 0. The molecule has 0 aliphatic rings. The van der Waals surface area contributed by atoms with Crippen LogP contribution < -0.4 is 4.90 Å². The van der Waals surface area contributed by atoms with Gasteiger partial charge in [0.1, 0.15) is 0 Å². The van der Waals surface area contributed by atoms with Crippen molar-refractivity contribution in [3.63, 3.8) is 0 Å². The third kappa shape index (κ3) is 7.65. The van der Waals surface area contributed by atoms with Crippen molar-refractivity contribution in [2.45, 2.75) is 6.92 Å². The summed E-state index contributed by atoms with van der Waals surface area (Å²) in [6.45, 7) is 6.78. The molecule has 0 unspecified atom stereocenters. The van der Waals surface area contributed by atoms with Crippen LogP contribution in [-0.4, -0.2) is 27.4 Å². The molecule has 20 rings (SSSR count). The summed E-state index contributed by atoms with van der Waals surface area (Å²) in [5.41, 5.74) is 23.0. The van der Waals surface area contributed by atoms with Crippen LogP contribution in [0.3, 0.4) is 0 Å². The molecule has 0 fully saturated rings. The molecule has 7 nitrogen and oxygen atoms in total. The van der Waals surface area contributed by atoms with Gasteiger partial charge in [0.15, 0.2) is 0 Å². The number of hydrogen-bond donors (Lipinski definition) is 0. The molecule has 0 saturated carbocycles. The first kappa shape index (κ1) is 53.8. The third-order valence-electron chi connectivity index (χ3n) is 20.1. The Kier molecular flexibility index (Phi) is 11.7. The molecule has 450 valence electrons. The molecule has 20 aromatic rings. The summed E-state index contributed by atoms with van der Waals surface area (Å²) in [6, 6.07) is 116. The number of hydrogen-bond acceptors (Lipinski definition) is 1. The van der Waals surface area contributed by atoms with Crippen molar-refractivity contribution in [3.8, 4) is 28.4 Å². The van der Waals surface area contributed by atoms with E-state index in [0.29, 0.717) is 0 Å². The highest BCUT2D eigenvalue weighted by Gasteiger charge is 2.27. The molecule has 6 heterocycles. The van der Waals surface area contributed by atoms with Gasteiger partial charge in [-0.15, -0.1) is 0 Å². The quantitative estimate of drug-likeness (QED) is 0.126. The summed E-state index contributed by atoms with van der Waals surface area (Å²) in [5, 5.41) is 14.4. The summed E-state index contributed by atoms with van der Waals surface area (Å²) < 4.78 is 14.8. The minimum absolute atomic E-state index is 0.906. The standard InChI is InChI=1S/C89H59N7/c1-3-25-57(2)90-78-42-16-10-36-66(78)72-48-49-73-69-39-13-19-45-81(69)94(85(73)84(72)90)63-33-22-30-60(54-63)91(61-31-23-34-64(55-61)95-82-46-20-14-40-70(82)76-52-50-74-67-37-11-17-43-79(67)92(86(74)88(76)95)58-26-6-4-7-27-58)62-32-24-35-65(56-62)96-83-47-21-15-41-71(83)77-53-51-75-68-38-12-18-44-80(68)93(87(75)89(77)96)59-28-8-5-9-29-59/h3-56H,2H2,1H3/b25-3-. The number of nitrogens with zero attached hydrogens (tertiary/aromatic N) is 7. The first-order chi connectivity index (χ1) is 47.6. The average Bonchev–Trinajstić information content (AvgIpc) is 1.55. The fourth-order valence-corrected chi connectivity index (χ4v) is 16.3. The van der Waals surface area contributed by atoms with Gasteiger partial charge >= 0.3 is 0 Å². The second kappa shape index (κ2) is 20.8. The van der Waals surface area contributed by atoms with Crippen LogP contribution >= 0.6 is 0 Å². The van der Waals surface area contributed by atoms with Crippen molar-refractivity contribution in [1.29, 1.82) is 0 Å². The number of allylic oxidation sites excluding steroid dienone is 3. The van der Waals surface area contributed by atoms with Crippen LogP contribution in [0.4, 0.5) is 17.1 Å². The lowest BCUT2D eigenvalue weighted by atomic mass is 10.1. The Morgan fingerprint density at radius 3 is 0.823 bits per heavy atom.